The third kappa shape index (κ3) is 4.85. The van der Waals surface area contributed by atoms with E-state index in [-0.39, 0.29) is 11.6 Å². The number of nitrogens with zero attached hydrogens (tertiary/aromatic N) is 1. The number of rotatable bonds is 3. The maximum absolute atomic E-state index is 13.2. The van der Waals surface area contributed by atoms with Gasteiger partial charge in [-0.2, -0.15) is 26.3 Å². The Bertz CT molecular complexity index is 1310. The maximum Gasteiger partial charge on any atom is 0.416 e. The Morgan fingerprint density at radius 3 is 2.15 bits per heavy atom. The van der Waals surface area contributed by atoms with E-state index in [1.165, 1.54) is 17.4 Å². The predicted molar refractivity (Wildman–Crippen MR) is 114 cm³/mol. The van der Waals surface area contributed by atoms with Gasteiger partial charge in [-0.15, -0.1) is 11.3 Å². The highest BCUT2D eigenvalue weighted by Crippen LogP contribution is 2.38. The summed E-state index contributed by atoms with van der Waals surface area (Å²) in [7, 11) is 0. The highest BCUT2D eigenvalue weighted by Gasteiger charge is 2.37. The Morgan fingerprint density at radius 2 is 1.58 bits per heavy atom. The van der Waals surface area contributed by atoms with Crippen molar-refractivity contribution >= 4 is 33.8 Å². The van der Waals surface area contributed by atoms with Crippen molar-refractivity contribution in [2.45, 2.75) is 19.3 Å². The standard InChI is InChI=1S/C23H14F6N2OS/c1-12-4-5-18-16(7-12)17(11-19(31-18)20-3-2-6-33-20)21(32)30-15-9-13(22(24,25)26)8-14(10-15)23(27,28)29/h2-11H,1H3,(H,30,32). The smallest absolute Gasteiger partial charge is 0.322 e. The van der Waals surface area contributed by atoms with Gasteiger partial charge in [0.05, 0.1) is 32.8 Å². The number of benzene rings is 2. The molecule has 0 fully saturated rings. The van der Waals surface area contributed by atoms with E-state index in [0.717, 1.165) is 10.4 Å². The number of thiophene rings is 1. The van der Waals surface area contributed by atoms with Crippen LogP contribution in [0.15, 0.2) is 60.0 Å². The number of amides is 1. The van der Waals surface area contributed by atoms with Crippen LogP contribution in [0, 0.1) is 6.92 Å². The van der Waals surface area contributed by atoms with E-state index in [1.807, 2.05) is 5.38 Å². The van der Waals surface area contributed by atoms with Crippen LogP contribution >= 0.6 is 11.3 Å². The lowest BCUT2D eigenvalue weighted by Crippen LogP contribution is -2.16. The van der Waals surface area contributed by atoms with Gasteiger partial charge in [0.25, 0.3) is 5.91 Å². The lowest BCUT2D eigenvalue weighted by atomic mass is 10.0. The molecule has 2 aromatic carbocycles. The minimum absolute atomic E-state index is 0.00967. The van der Waals surface area contributed by atoms with E-state index >= 15 is 0 Å². The van der Waals surface area contributed by atoms with Crippen molar-refractivity contribution in [2.75, 3.05) is 5.32 Å². The Balaban J connectivity index is 1.82. The van der Waals surface area contributed by atoms with Crippen LogP contribution in [-0.2, 0) is 12.4 Å². The minimum atomic E-state index is -5.02. The number of nitrogens with one attached hydrogen (secondary N) is 1. The van der Waals surface area contributed by atoms with Crippen molar-refractivity contribution in [1.29, 1.82) is 0 Å². The van der Waals surface area contributed by atoms with Crippen molar-refractivity contribution in [3.8, 4) is 10.6 Å². The topological polar surface area (TPSA) is 42.0 Å². The number of halogens is 6. The van der Waals surface area contributed by atoms with E-state index in [9.17, 15) is 31.1 Å². The van der Waals surface area contributed by atoms with Gasteiger partial charge < -0.3 is 5.32 Å². The molecule has 4 rings (SSSR count). The van der Waals surface area contributed by atoms with Gasteiger partial charge in [-0.25, -0.2) is 4.98 Å². The van der Waals surface area contributed by atoms with E-state index in [1.54, 1.807) is 37.3 Å². The third-order valence-corrected chi connectivity index (χ3v) is 5.72. The zero-order valence-electron chi connectivity index (χ0n) is 16.8. The van der Waals surface area contributed by atoms with Crippen LogP contribution in [0.1, 0.15) is 27.0 Å². The van der Waals surface area contributed by atoms with Gasteiger partial charge in [0.2, 0.25) is 0 Å². The highest BCUT2D eigenvalue weighted by atomic mass is 32.1. The molecule has 1 amide bonds. The number of anilines is 1. The number of fused-ring (bicyclic) bond motifs is 1. The molecule has 0 unspecified atom stereocenters. The molecule has 0 bridgehead atoms. The molecule has 2 aromatic heterocycles. The van der Waals surface area contributed by atoms with Crippen molar-refractivity contribution in [3.63, 3.8) is 0 Å². The lowest BCUT2D eigenvalue weighted by molar-refractivity contribution is -0.143. The van der Waals surface area contributed by atoms with Crippen molar-refractivity contribution in [2.24, 2.45) is 0 Å². The van der Waals surface area contributed by atoms with Gasteiger partial charge in [0.15, 0.2) is 0 Å². The molecule has 1 N–H and O–H groups in total. The van der Waals surface area contributed by atoms with Gasteiger partial charge >= 0.3 is 12.4 Å². The van der Waals surface area contributed by atoms with Crippen LogP contribution in [0.5, 0.6) is 0 Å². The predicted octanol–water partition coefficient (Wildman–Crippen LogP) is 7.56. The second-order valence-corrected chi connectivity index (χ2v) is 8.25. The Labute approximate surface area is 187 Å². The first-order chi connectivity index (χ1) is 15.4. The SMILES string of the molecule is Cc1ccc2nc(-c3cccs3)cc(C(=O)Nc3cc(C(F)(F)F)cc(C(F)(F)F)c3)c2c1. The summed E-state index contributed by atoms with van der Waals surface area (Å²) >= 11 is 1.38. The van der Waals surface area contributed by atoms with Crippen molar-refractivity contribution < 1.29 is 31.1 Å². The average Bonchev–Trinajstić information content (AvgIpc) is 3.26. The van der Waals surface area contributed by atoms with Gasteiger partial charge in [-0.05, 0) is 54.8 Å². The van der Waals surface area contributed by atoms with Gasteiger partial charge in [-0.1, -0.05) is 17.7 Å². The Kier molecular flexibility index (Phi) is 5.65. The number of alkyl halides is 6. The molecule has 0 spiro atoms. The number of carbonyl (C=O) groups excluding carboxylic acids is 1. The molecule has 170 valence electrons. The number of aryl methyl sites for hydroxylation is 1. The monoisotopic (exact) mass is 480 g/mol. The molecule has 0 aliphatic rings. The van der Waals surface area contributed by atoms with Crippen molar-refractivity contribution in [1.82, 2.24) is 4.98 Å². The number of pyridine rings is 1. The second-order valence-electron chi connectivity index (χ2n) is 7.30. The average molecular weight is 480 g/mol. The molecular formula is C23H14F6N2OS. The van der Waals surface area contributed by atoms with Gasteiger partial charge in [0.1, 0.15) is 0 Å². The van der Waals surface area contributed by atoms with E-state index < -0.39 is 35.1 Å². The largest absolute Gasteiger partial charge is 0.416 e. The first-order valence-corrected chi connectivity index (χ1v) is 10.4. The summed E-state index contributed by atoms with van der Waals surface area (Å²) in [6.07, 6.45) is -10.0. The van der Waals surface area contributed by atoms with Gasteiger partial charge in [0, 0.05) is 11.1 Å². The summed E-state index contributed by atoms with van der Waals surface area (Å²) < 4.78 is 79.0. The number of hydrogen-bond acceptors (Lipinski definition) is 3. The number of carbonyl (C=O) groups is 1. The van der Waals surface area contributed by atoms with Crippen LogP contribution in [0.4, 0.5) is 32.0 Å². The zero-order chi connectivity index (χ0) is 24.0. The van der Waals surface area contributed by atoms with Crippen LogP contribution in [-0.4, -0.2) is 10.9 Å². The zero-order valence-corrected chi connectivity index (χ0v) is 17.6. The normalized spacial score (nSPS) is 12.2. The molecule has 0 saturated carbocycles. The quantitative estimate of drug-likeness (QED) is 0.308. The fourth-order valence-electron chi connectivity index (χ4n) is 3.30. The van der Waals surface area contributed by atoms with E-state index in [0.29, 0.717) is 28.7 Å². The molecule has 10 heteroatoms. The number of aromatic nitrogens is 1. The summed E-state index contributed by atoms with van der Waals surface area (Å²) in [4.78, 5) is 18.4. The van der Waals surface area contributed by atoms with Gasteiger partial charge in [-0.3, -0.25) is 4.79 Å². The van der Waals surface area contributed by atoms with Crippen LogP contribution in [0.3, 0.4) is 0 Å². The third-order valence-electron chi connectivity index (χ3n) is 4.83. The summed E-state index contributed by atoms with van der Waals surface area (Å²) in [5.74, 6) is -0.849. The summed E-state index contributed by atoms with van der Waals surface area (Å²) in [5, 5.41) is 4.45. The molecule has 0 aliphatic carbocycles. The highest BCUT2D eigenvalue weighted by molar-refractivity contribution is 7.13. The van der Waals surface area contributed by atoms with Crippen molar-refractivity contribution in [3.05, 3.63) is 82.2 Å². The summed E-state index contributed by atoms with van der Waals surface area (Å²) in [6, 6.07) is 11.2. The molecule has 0 atom stereocenters. The lowest BCUT2D eigenvalue weighted by Gasteiger charge is -2.15. The second kappa shape index (κ2) is 8.18. The molecular weight excluding hydrogens is 466 g/mol. The van der Waals surface area contributed by atoms with E-state index in [4.69, 9.17) is 0 Å². The first kappa shape index (κ1) is 22.8. The van der Waals surface area contributed by atoms with Crippen LogP contribution in [0.2, 0.25) is 0 Å². The summed E-state index contributed by atoms with van der Waals surface area (Å²) in [5.41, 5.74) is -1.82. The Morgan fingerprint density at radius 1 is 0.909 bits per heavy atom. The molecule has 0 saturated heterocycles. The molecule has 0 aliphatic heterocycles. The maximum atomic E-state index is 13.2. The first-order valence-electron chi connectivity index (χ1n) is 9.48. The minimum Gasteiger partial charge on any atom is -0.322 e. The fourth-order valence-corrected chi connectivity index (χ4v) is 3.99. The molecule has 2 heterocycles. The van der Waals surface area contributed by atoms with Crippen LogP contribution in [0.25, 0.3) is 21.5 Å². The van der Waals surface area contributed by atoms with E-state index in [2.05, 4.69) is 10.3 Å². The molecule has 3 nitrogen and oxygen atoms in total. The van der Waals surface area contributed by atoms with Crippen LogP contribution < -0.4 is 5.32 Å². The summed E-state index contributed by atoms with van der Waals surface area (Å²) in [6.45, 7) is 1.79. The molecule has 4 aromatic rings. The number of hydrogen-bond donors (Lipinski definition) is 1. The Hall–Kier alpha value is -3.40. The fraction of sp³-hybridized carbons (Fsp3) is 0.130. The molecule has 0 radical (unpaired) electrons. The molecule has 33 heavy (non-hydrogen) atoms.